The number of nitrogens with zero attached hydrogens (tertiary/aromatic N) is 1. The van der Waals surface area contributed by atoms with Gasteiger partial charge in [0, 0.05) is 18.1 Å². The number of aromatic hydroxyl groups is 1. The maximum Gasteiger partial charge on any atom is 0.311 e. The molecule has 0 spiro atoms. The van der Waals surface area contributed by atoms with Gasteiger partial charge >= 0.3 is 5.69 Å². The highest BCUT2D eigenvalue weighted by molar-refractivity contribution is 6.07. The molecule has 7 heteroatoms. The number of carbonyl (C=O) groups is 1. The molecule has 0 atom stereocenters. The summed E-state index contributed by atoms with van der Waals surface area (Å²) in [6.45, 7) is 1.09. The molecular formula is C18H15NO6. The van der Waals surface area contributed by atoms with Crippen LogP contribution in [0.2, 0.25) is 0 Å². The fraction of sp³-hybridized carbons (Fsp3) is 0.167. The molecule has 25 heavy (non-hydrogen) atoms. The Kier molecular flexibility index (Phi) is 4.65. The van der Waals surface area contributed by atoms with E-state index in [1.54, 1.807) is 18.2 Å². The van der Waals surface area contributed by atoms with Gasteiger partial charge in [0.05, 0.1) is 18.1 Å². The van der Waals surface area contributed by atoms with Gasteiger partial charge in [-0.3, -0.25) is 14.9 Å². The molecule has 0 fully saturated rings. The van der Waals surface area contributed by atoms with Gasteiger partial charge in [-0.05, 0) is 35.9 Å². The van der Waals surface area contributed by atoms with E-state index in [9.17, 15) is 20.0 Å². The average molecular weight is 341 g/mol. The Morgan fingerprint density at radius 2 is 1.88 bits per heavy atom. The molecule has 1 aliphatic heterocycles. The first kappa shape index (κ1) is 16.5. The van der Waals surface area contributed by atoms with E-state index >= 15 is 0 Å². The Hall–Kier alpha value is -3.35. The summed E-state index contributed by atoms with van der Waals surface area (Å²) in [6, 6.07) is 8.85. The van der Waals surface area contributed by atoms with Crippen LogP contribution in [-0.4, -0.2) is 29.0 Å². The summed E-state index contributed by atoms with van der Waals surface area (Å²) in [4.78, 5) is 22.5. The van der Waals surface area contributed by atoms with E-state index in [2.05, 4.69) is 0 Å². The number of hydrogen-bond donors (Lipinski definition) is 1. The SMILES string of the molecule is O=C(/C=C/c1ccc(O)c([N+](=O)[O-])c1)c1ccc2c(c1)OCCCO2. The number of phenolic OH excluding ortho intramolecular Hbond substituents is 1. The van der Waals surface area contributed by atoms with Gasteiger partial charge in [-0.15, -0.1) is 0 Å². The fourth-order valence-electron chi connectivity index (χ4n) is 2.38. The summed E-state index contributed by atoms with van der Waals surface area (Å²) < 4.78 is 11.1. The van der Waals surface area contributed by atoms with Crippen LogP contribution in [0.3, 0.4) is 0 Å². The summed E-state index contributed by atoms with van der Waals surface area (Å²) in [5.74, 6) is 0.437. The smallest absolute Gasteiger partial charge is 0.311 e. The standard InChI is InChI=1S/C18H15NO6/c20-15(5-2-12-3-6-16(21)14(10-12)19(22)23)13-4-7-17-18(11-13)25-9-1-8-24-17/h2-7,10-11,21H,1,8-9H2/b5-2+. The van der Waals surface area contributed by atoms with Crippen molar-refractivity contribution in [1.82, 2.24) is 0 Å². The second kappa shape index (κ2) is 7.04. The monoisotopic (exact) mass is 341 g/mol. The van der Waals surface area contributed by atoms with Crippen molar-refractivity contribution in [3.05, 3.63) is 63.7 Å². The first-order chi connectivity index (χ1) is 12.0. The zero-order valence-corrected chi connectivity index (χ0v) is 13.2. The van der Waals surface area contributed by atoms with Gasteiger partial charge in [-0.2, -0.15) is 0 Å². The minimum absolute atomic E-state index is 0.272. The van der Waals surface area contributed by atoms with Crippen molar-refractivity contribution in [3.8, 4) is 17.2 Å². The zero-order valence-electron chi connectivity index (χ0n) is 13.2. The molecule has 1 heterocycles. The van der Waals surface area contributed by atoms with Crippen LogP contribution < -0.4 is 9.47 Å². The zero-order chi connectivity index (χ0) is 17.8. The van der Waals surface area contributed by atoms with E-state index in [1.807, 2.05) is 0 Å². The van der Waals surface area contributed by atoms with Crippen molar-refractivity contribution < 1.29 is 24.3 Å². The molecule has 2 aromatic rings. The number of ketones is 1. The first-order valence-corrected chi connectivity index (χ1v) is 7.64. The van der Waals surface area contributed by atoms with Gasteiger partial charge in [0.2, 0.25) is 0 Å². The van der Waals surface area contributed by atoms with Crippen LogP contribution >= 0.6 is 0 Å². The predicted octanol–water partition coefficient (Wildman–Crippen LogP) is 3.36. The minimum atomic E-state index is -0.682. The Bertz CT molecular complexity index is 859. The van der Waals surface area contributed by atoms with Crippen molar-refractivity contribution in [1.29, 1.82) is 0 Å². The van der Waals surface area contributed by atoms with Crippen molar-refractivity contribution in [3.63, 3.8) is 0 Å². The molecule has 0 bridgehead atoms. The van der Waals surface area contributed by atoms with Gasteiger partial charge in [0.1, 0.15) is 0 Å². The summed E-state index contributed by atoms with van der Waals surface area (Å²) in [5.41, 5.74) is 0.450. The lowest BCUT2D eigenvalue weighted by Gasteiger charge is -2.07. The maximum atomic E-state index is 12.3. The number of fused-ring (bicyclic) bond motifs is 1. The summed E-state index contributed by atoms with van der Waals surface area (Å²) in [7, 11) is 0. The Morgan fingerprint density at radius 1 is 1.12 bits per heavy atom. The van der Waals surface area contributed by atoms with E-state index in [-0.39, 0.29) is 5.78 Å². The second-order valence-corrected chi connectivity index (χ2v) is 5.41. The molecule has 3 rings (SSSR count). The van der Waals surface area contributed by atoms with Crippen LogP contribution in [0, 0.1) is 10.1 Å². The molecule has 0 unspecified atom stereocenters. The largest absolute Gasteiger partial charge is 0.502 e. The maximum absolute atomic E-state index is 12.3. The second-order valence-electron chi connectivity index (χ2n) is 5.41. The lowest BCUT2D eigenvalue weighted by atomic mass is 10.1. The lowest BCUT2D eigenvalue weighted by molar-refractivity contribution is -0.385. The molecular weight excluding hydrogens is 326 g/mol. The number of nitro groups is 1. The van der Waals surface area contributed by atoms with Gasteiger partial charge in [0.15, 0.2) is 23.0 Å². The van der Waals surface area contributed by atoms with Crippen molar-refractivity contribution in [2.24, 2.45) is 0 Å². The summed E-state index contributed by atoms with van der Waals surface area (Å²) in [6.07, 6.45) is 3.55. The van der Waals surface area contributed by atoms with E-state index in [0.717, 1.165) is 6.42 Å². The summed E-state index contributed by atoms with van der Waals surface area (Å²) in [5, 5.41) is 20.3. The van der Waals surface area contributed by atoms with Crippen LogP contribution in [0.4, 0.5) is 5.69 Å². The fourth-order valence-corrected chi connectivity index (χ4v) is 2.38. The highest BCUT2D eigenvalue weighted by Gasteiger charge is 2.14. The number of phenols is 1. The van der Waals surface area contributed by atoms with Gasteiger partial charge in [-0.1, -0.05) is 12.1 Å². The number of ether oxygens (including phenoxy) is 2. The third kappa shape index (κ3) is 3.77. The molecule has 0 aliphatic carbocycles. The minimum Gasteiger partial charge on any atom is -0.502 e. The van der Waals surface area contributed by atoms with Gasteiger partial charge in [-0.25, -0.2) is 0 Å². The van der Waals surface area contributed by atoms with Crippen molar-refractivity contribution in [2.45, 2.75) is 6.42 Å². The number of nitro benzene ring substituents is 1. The average Bonchev–Trinajstić information content (AvgIpc) is 2.85. The van der Waals surface area contributed by atoms with Crippen molar-refractivity contribution in [2.75, 3.05) is 13.2 Å². The normalized spacial score (nSPS) is 13.4. The number of benzene rings is 2. The molecule has 1 aliphatic rings. The highest BCUT2D eigenvalue weighted by atomic mass is 16.6. The van der Waals surface area contributed by atoms with Crippen LogP contribution in [0.25, 0.3) is 6.08 Å². The number of carbonyl (C=O) groups excluding carboxylic acids is 1. The molecule has 0 saturated heterocycles. The van der Waals surface area contributed by atoms with E-state index in [1.165, 1.54) is 30.4 Å². The number of rotatable bonds is 4. The molecule has 128 valence electrons. The topological polar surface area (TPSA) is 98.9 Å². The Labute approximate surface area is 143 Å². The molecule has 0 saturated carbocycles. The highest BCUT2D eigenvalue weighted by Crippen LogP contribution is 2.31. The van der Waals surface area contributed by atoms with Crippen LogP contribution in [0.15, 0.2) is 42.5 Å². The Morgan fingerprint density at radius 3 is 2.64 bits per heavy atom. The molecule has 0 radical (unpaired) electrons. The quantitative estimate of drug-likeness (QED) is 0.396. The third-order valence-corrected chi connectivity index (χ3v) is 3.66. The van der Waals surface area contributed by atoms with Crippen LogP contribution in [-0.2, 0) is 0 Å². The molecule has 0 amide bonds. The van der Waals surface area contributed by atoms with E-state index in [0.29, 0.717) is 35.8 Å². The lowest BCUT2D eigenvalue weighted by Crippen LogP contribution is -1.98. The summed E-state index contributed by atoms with van der Waals surface area (Å²) >= 11 is 0. The molecule has 1 N–H and O–H groups in total. The Balaban J connectivity index is 1.80. The van der Waals surface area contributed by atoms with Crippen LogP contribution in [0.1, 0.15) is 22.3 Å². The molecule has 7 nitrogen and oxygen atoms in total. The number of hydrogen-bond acceptors (Lipinski definition) is 6. The number of allylic oxidation sites excluding steroid dienone is 1. The van der Waals surface area contributed by atoms with E-state index < -0.39 is 16.4 Å². The predicted molar refractivity (Wildman–Crippen MR) is 90.2 cm³/mol. The van der Waals surface area contributed by atoms with Gasteiger partial charge in [0.25, 0.3) is 0 Å². The van der Waals surface area contributed by atoms with Crippen molar-refractivity contribution >= 4 is 17.5 Å². The van der Waals surface area contributed by atoms with Gasteiger partial charge < -0.3 is 14.6 Å². The third-order valence-electron chi connectivity index (χ3n) is 3.66. The van der Waals surface area contributed by atoms with Crippen LogP contribution in [0.5, 0.6) is 17.2 Å². The first-order valence-electron chi connectivity index (χ1n) is 7.64. The molecule has 0 aromatic heterocycles. The molecule has 2 aromatic carbocycles. The van der Waals surface area contributed by atoms with E-state index in [4.69, 9.17) is 9.47 Å².